The van der Waals surface area contributed by atoms with Crippen LogP contribution in [0.2, 0.25) is 0 Å². The molecule has 1 amide bonds. The van der Waals surface area contributed by atoms with Crippen LogP contribution in [0, 0.1) is 5.92 Å². The molecule has 0 radical (unpaired) electrons. The largest absolute Gasteiger partial charge is 0.365 e. The Balaban J connectivity index is 2.50. The number of ether oxygens (including phenoxy) is 1. The number of halogens is 2. The Morgan fingerprint density at radius 2 is 1.43 bits per heavy atom. The SMILES string of the molecule is CC(C)C[C@@H]1NC(=O)C(Cl)(Cl)[C@@H]1O[C@H](C)c1c(C(C)C)cc(C(C)C)cc1C(C)C. The molecule has 0 aliphatic carbocycles. The molecule has 1 aromatic rings. The molecule has 1 aliphatic rings. The summed E-state index contributed by atoms with van der Waals surface area (Å²) in [4.78, 5) is 12.4. The number of amides is 1. The first kappa shape index (κ1) is 25.5. The lowest BCUT2D eigenvalue weighted by Gasteiger charge is -2.32. The topological polar surface area (TPSA) is 38.3 Å². The lowest BCUT2D eigenvalue weighted by atomic mass is 9.82. The number of alkyl halides is 2. The van der Waals surface area contributed by atoms with E-state index in [0.29, 0.717) is 23.7 Å². The Kier molecular flexibility index (Phi) is 8.32. The van der Waals surface area contributed by atoms with E-state index in [0.717, 1.165) is 6.42 Å². The molecule has 1 saturated heterocycles. The Labute approximate surface area is 193 Å². The first-order valence-electron chi connectivity index (χ1n) is 11.3. The molecule has 0 unspecified atom stereocenters. The predicted molar refractivity (Wildman–Crippen MR) is 128 cm³/mol. The Bertz CT molecular complexity index is 727. The zero-order valence-corrected chi connectivity index (χ0v) is 21.5. The highest BCUT2D eigenvalue weighted by molar-refractivity contribution is 6.59. The second-order valence-electron chi connectivity index (χ2n) is 10.1. The summed E-state index contributed by atoms with van der Waals surface area (Å²) in [7, 11) is 0. The molecular weight excluding hydrogens is 417 g/mol. The molecule has 30 heavy (non-hydrogen) atoms. The summed E-state index contributed by atoms with van der Waals surface area (Å²) in [6, 6.07) is 4.43. The van der Waals surface area contributed by atoms with Gasteiger partial charge in [-0.2, -0.15) is 0 Å². The molecule has 3 nitrogen and oxygen atoms in total. The summed E-state index contributed by atoms with van der Waals surface area (Å²) in [5, 5.41) is 2.95. The summed E-state index contributed by atoms with van der Waals surface area (Å²) >= 11 is 13.0. The van der Waals surface area contributed by atoms with Gasteiger partial charge >= 0.3 is 0 Å². The molecule has 1 aliphatic heterocycles. The minimum absolute atomic E-state index is 0.199. The van der Waals surface area contributed by atoms with Gasteiger partial charge in [-0.15, -0.1) is 0 Å². The van der Waals surface area contributed by atoms with E-state index in [9.17, 15) is 4.79 Å². The van der Waals surface area contributed by atoms with Gasteiger partial charge in [0.1, 0.15) is 6.10 Å². The van der Waals surface area contributed by atoms with Gasteiger partial charge in [-0.05, 0) is 59.3 Å². The highest BCUT2D eigenvalue weighted by Crippen LogP contribution is 2.42. The Hall–Kier alpha value is -0.770. The molecule has 0 spiro atoms. The van der Waals surface area contributed by atoms with Crippen molar-refractivity contribution in [2.45, 2.75) is 109 Å². The average molecular weight is 456 g/mol. The first-order valence-corrected chi connectivity index (χ1v) is 12.0. The van der Waals surface area contributed by atoms with Crippen molar-refractivity contribution in [1.29, 1.82) is 0 Å². The van der Waals surface area contributed by atoms with E-state index in [4.69, 9.17) is 27.9 Å². The van der Waals surface area contributed by atoms with Crippen molar-refractivity contribution in [3.05, 3.63) is 34.4 Å². The number of carbonyl (C=O) groups is 1. The normalized spacial score (nSPS) is 22.4. The molecule has 1 fully saturated rings. The van der Waals surface area contributed by atoms with Crippen LogP contribution in [0.1, 0.15) is 115 Å². The van der Waals surface area contributed by atoms with E-state index in [-0.39, 0.29) is 18.1 Å². The second kappa shape index (κ2) is 9.79. The molecule has 5 heteroatoms. The first-order chi connectivity index (χ1) is 13.8. The third kappa shape index (κ3) is 5.34. The number of nitrogens with one attached hydrogen (secondary N) is 1. The second-order valence-corrected chi connectivity index (χ2v) is 11.5. The maximum atomic E-state index is 12.4. The predicted octanol–water partition coefficient (Wildman–Crippen LogP) is 7.22. The molecule has 0 bridgehead atoms. The molecule has 1 heterocycles. The van der Waals surface area contributed by atoms with Crippen LogP contribution < -0.4 is 5.32 Å². The highest BCUT2D eigenvalue weighted by Gasteiger charge is 2.54. The third-order valence-corrected chi connectivity index (χ3v) is 6.78. The molecule has 2 rings (SSSR count). The lowest BCUT2D eigenvalue weighted by molar-refractivity contribution is -0.120. The van der Waals surface area contributed by atoms with Gasteiger partial charge < -0.3 is 10.1 Å². The zero-order valence-electron chi connectivity index (χ0n) is 20.0. The van der Waals surface area contributed by atoms with E-state index < -0.39 is 10.4 Å². The molecule has 1 N–H and O–H groups in total. The van der Waals surface area contributed by atoms with E-state index in [1.165, 1.54) is 22.3 Å². The summed E-state index contributed by atoms with van der Waals surface area (Å²) in [6.07, 6.45) is -0.0641. The number of hydrogen-bond acceptors (Lipinski definition) is 2. The minimum atomic E-state index is -1.58. The summed E-state index contributed by atoms with van der Waals surface area (Å²) < 4.78 is 4.95. The number of carbonyl (C=O) groups excluding carboxylic acids is 1. The van der Waals surface area contributed by atoms with Crippen molar-refractivity contribution >= 4 is 29.1 Å². The van der Waals surface area contributed by atoms with Gasteiger partial charge in [-0.1, -0.05) is 90.7 Å². The van der Waals surface area contributed by atoms with E-state index >= 15 is 0 Å². The van der Waals surface area contributed by atoms with Crippen molar-refractivity contribution < 1.29 is 9.53 Å². The fraction of sp³-hybridized carbons (Fsp3) is 0.720. The van der Waals surface area contributed by atoms with Gasteiger partial charge in [0, 0.05) is 0 Å². The van der Waals surface area contributed by atoms with Gasteiger partial charge in [-0.25, -0.2) is 0 Å². The molecule has 3 atom stereocenters. The summed E-state index contributed by atoms with van der Waals surface area (Å²) in [5.74, 6) is 1.19. The van der Waals surface area contributed by atoms with E-state index in [1.54, 1.807) is 0 Å². The van der Waals surface area contributed by atoms with Crippen LogP contribution in [0.25, 0.3) is 0 Å². The van der Waals surface area contributed by atoms with Crippen molar-refractivity contribution in [1.82, 2.24) is 5.32 Å². The van der Waals surface area contributed by atoms with Crippen molar-refractivity contribution in [2.24, 2.45) is 5.92 Å². The molecule has 1 aromatic carbocycles. The van der Waals surface area contributed by atoms with E-state index in [1.807, 2.05) is 0 Å². The Morgan fingerprint density at radius 3 is 1.83 bits per heavy atom. The monoisotopic (exact) mass is 455 g/mol. The zero-order chi connectivity index (χ0) is 23.0. The molecular formula is C25H39Cl2NO2. The van der Waals surface area contributed by atoms with Crippen LogP contribution in [0.3, 0.4) is 0 Å². The van der Waals surface area contributed by atoms with Crippen molar-refractivity contribution in [2.75, 3.05) is 0 Å². The fourth-order valence-electron chi connectivity index (χ4n) is 4.36. The standard InChI is InChI=1S/C25H39Cl2NO2/c1-13(2)10-21-23(25(26,27)24(29)28-21)30-17(9)22-19(15(5)6)11-18(14(3)4)12-20(22)16(7)8/h11-17,21,23H,10H2,1-9H3,(H,28,29)/t17-,21+,23-/m1/s1. The Morgan fingerprint density at radius 1 is 0.933 bits per heavy atom. The van der Waals surface area contributed by atoms with Gasteiger partial charge in [0.05, 0.1) is 12.1 Å². The lowest BCUT2D eigenvalue weighted by Crippen LogP contribution is -2.40. The van der Waals surface area contributed by atoms with Crippen LogP contribution in [-0.2, 0) is 9.53 Å². The van der Waals surface area contributed by atoms with Gasteiger partial charge in [0.2, 0.25) is 4.33 Å². The van der Waals surface area contributed by atoms with Crippen LogP contribution in [0.15, 0.2) is 12.1 Å². The van der Waals surface area contributed by atoms with Gasteiger partial charge in [0.15, 0.2) is 0 Å². The summed E-state index contributed by atoms with van der Waals surface area (Å²) in [6.45, 7) is 19.6. The van der Waals surface area contributed by atoms with Gasteiger partial charge in [-0.3, -0.25) is 4.79 Å². The number of rotatable bonds is 8. The maximum absolute atomic E-state index is 12.4. The quantitative estimate of drug-likeness (QED) is 0.419. The minimum Gasteiger partial charge on any atom is -0.365 e. The van der Waals surface area contributed by atoms with E-state index in [2.05, 4.69) is 79.8 Å². The van der Waals surface area contributed by atoms with Crippen molar-refractivity contribution in [3.8, 4) is 0 Å². The molecule has 0 aromatic heterocycles. The van der Waals surface area contributed by atoms with Gasteiger partial charge in [0.25, 0.3) is 5.91 Å². The van der Waals surface area contributed by atoms with Crippen LogP contribution in [0.4, 0.5) is 0 Å². The van der Waals surface area contributed by atoms with Crippen LogP contribution >= 0.6 is 23.2 Å². The van der Waals surface area contributed by atoms with Crippen molar-refractivity contribution in [3.63, 3.8) is 0 Å². The number of hydrogen-bond donors (Lipinski definition) is 1. The maximum Gasteiger partial charge on any atom is 0.259 e. The molecule has 170 valence electrons. The molecule has 0 saturated carbocycles. The van der Waals surface area contributed by atoms with Crippen LogP contribution in [-0.4, -0.2) is 22.4 Å². The highest BCUT2D eigenvalue weighted by atomic mass is 35.5. The third-order valence-electron chi connectivity index (χ3n) is 6.00. The average Bonchev–Trinajstić information content (AvgIpc) is 2.82. The summed E-state index contributed by atoms with van der Waals surface area (Å²) in [5.41, 5.74) is 5.14. The smallest absolute Gasteiger partial charge is 0.259 e. The fourth-order valence-corrected chi connectivity index (χ4v) is 4.88. The van der Waals surface area contributed by atoms with Crippen LogP contribution in [0.5, 0.6) is 0 Å². The number of benzene rings is 1.